The third-order valence-electron chi connectivity index (χ3n) is 3.93. The van der Waals surface area contributed by atoms with Gasteiger partial charge in [-0.3, -0.25) is 4.79 Å². The van der Waals surface area contributed by atoms with E-state index in [2.05, 4.69) is 10.2 Å². The number of likely N-dealkylation sites (tertiary alicyclic amines) is 1. The van der Waals surface area contributed by atoms with Gasteiger partial charge in [0.1, 0.15) is 0 Å². The lowest BCUT2D eigenvalue weighted by Gasteiger charge is -2.29. The summed E-state index contributed by atoms with van der Waals surface area (Å²) >= 11 is 3.79. The van der Waals surface area contributed by atoms with Gasteiger partial charge in [0.2, 0.25) is 5.91 Å². The van der Waals surface area contributed by atoms with Crippen molar-refractivity contribution in [1.29, 1.82) is 0 Å². The van der Waals surface area contributed by atoms with Gasteiger partial charge >= 0.3 is 0 Å². The standard InChI is InChI=1S/C12H20N2OS2/c15-12(11-8-16-5-6-17-11)14-4-3-9-1-2-10(7-14)13-9/h9-11,13H,1-8H2. The molecule has 0 saturated carbocycles. The molecule has 96 valence electrons. The number of hydrogen-bond acceptors (Lipinski definition) is 4. The lowest BCUT2D eigenvalue weighted by atomic mass is 10.1. The number of nitrogens with one attached hydrogen (secondary N) is 1. The second kappa shape index (κ2) is 5.41. The van der Waals surface area contributed by atoms with Gasteiger partial charge < -0.3 is 10.2 Å². The van der Waals surface area contributed by atoms with E-state index in [1.165, 1.54) is 18.6 Å². The highest BCUT2D eigenvalue weighted by molar-refractivity contribution is 8.07. The van der Waals surface area contributed by atoms with Gasteiger partial charge in [-0.05, 0) is 19.3 Å². The maximum Gasteiger partial charge on any atom is 0.236 e. The predicted octanol–water partition coefficient (Wildman–Crippen LogP) is 1.19. The summed E-state index contributed by atoms with van der Waals surface area (Å²) in [5.41, 5.74) is 0. The van der Waals surface area contributed by atoms with Gasteiger partial charge in [0, 0.05) is 42.4 Å². The van der Waals surface area contributed by atoms with Crippen LogP contribution in [0.1, 0.15) is 19.3 Å². The Balaban J connectivity index is 1.61. The molecule has 3 nitrogen and oxygen atoms in total. The van der Waals surface area contributed by atoms with E-state index in [1.807, 2.05) is 23.5 Å². The Morgan fingerprint density at radius 3 is 2.88 bits per heavy atom. The van der Waals surface area contributed by atoms with Crippen LogP contribution in [0.4, 0.5) is 0 Å². The molecule has 3 unspecified atom stereocenters. The molecule has 1 amide bonds. The van der Waals surface area contributed by atoms with Crippen LogP contribution in [0.15, 0.2) is 0 Å². The smallest absolute Gasteiger partial charge is 0.236 e. The molecule has 3 aliphatic rings. The summed E-state index contributed by atoms with van der Waals surface area (Å²) in [6.07, 6.45) is 3.70. The number of nitrogens with zero attached hydrogens (tertiary/aromatic N) is 1. The molecule has 3 aliphatic heterocycles. The molecular weight excluding hydrogens is 252 g/mol. The van der Waals surface area contributed by atoms with Gasteiger partial charge in [0.15, 0.2) is 0 Å². The van der Waals surface area contributed by atoms with E-state index in [4.69, 9.17) is 0 Å². The molecule has 3 saturated heterocycles. The third kappa shape index (κ3) is 2.76. The monoisotopic (exact) mass is 272 g/mol. The summed E-state index contributed by atoms with van der Waals surface area (Å²) in [6.45, 7) is 1.91. The Hall–Kier alpha value is 0.130. The Morgan fingerprint density at radius 1 is 1.18 bits per heavy atom. The molecular formula is C12H20N2OS2. The highest BCUT2D eigenvalue weighted by Gasteiger charge is 2.34. The van der Waals surface area contributed by atoms with Crippen LogP contribution < -0.4 is 5.32 Å². The van der Waals surface area contributed by atoms with Crippen molar-refractivity contribution in [3.05, 3.63) is 0 Å². The topological polar surface area (TPSA) is 32.3 Å². The predicted molar refractivity (Wildman–Crippen MR) is 74.7 cm³/mol. The summed E-state index contributed by atoms with van der Waals surface area (Å²) in [5.74, 6) is 3.76. The first-order valence-corrected chi connectivity index (χ1v) is 8.77. The quantitative estimate of drug-likeness (QED) is 0.777. The van der Waals surface area contributed by atoms with E-state index in [9.17, 15) is 4.79 Å². The second-order valence-electron chi connectivity index (χ2n) is 5.15. The Bertz CT molecular complexity index is 294. The van der Waals surface area contributed by atoms with Crippen LogP contribution >= 0.6 is 23.5 Å². The number of fused-ring (bicyclic) bond motifs is 2. The molecule has 3 heterocycles. The molecule has 0 spiro atoms. The summed E-state index contributed by atoms with van der Waals surface area (Å²) in [5, 5.41) is 3.86. The van der Waals surface area contributed by atoms with Gasteiger partial charge in [-0.25, -0.2) is 0 Å². The summed E-state index contributed by atoms with van der Waals surface area (Å²) < 4.78 is 0. The van der Waals surface area contributed by atoms with Crippen LogP contribution in [0.5, 0.6) is 0 Å². The van der Waals surface area contributed by atoms with E-state index >= 15 is 0 Å². The zero-order chi connectivity index (χ0) is 11.7. The number of rotatable bonds is 1. The van der Waals surface area contributed by atoms with Crippen LogP contribution in [0, 0.1) is 0 Å². The van der Waals surface area contributed by atoms with Crippen LogP contribution in [0.3, 0.4) is 0 Å². The maximum absolute atomic E-state index is 12.4. The van der Waals surface area contributed by atoms with Gasteiger partial charge in [-0.2, -0.15) is 11.8 Å². The van der Waals surface area contributed by atoms with Crippen LogP contribution in [-0.2, 0) is 4.79 Å². The first kappa shape index (κ1) is 12.2. The second-order valence-corrected chi connectivity index (χ2v) is 7.61. The zero-order valence-corrected chi connectivity index (χ0v) is 11.7. The van der Waals surface area contributed by atoms with Crippen molar-refractivity contribution >= 4 is 29.4 Å². The molecule has 5 heteroatoms. The van der Waals surface area contributed by atoms with Gasteiger partial charge in [-0.15, -0.1) is 11.8 Å². The molecule has 0 aromatic heterocycles. The molecule has 17 heavy (non-hydrogen) atoms. The first-order chi connectivity index (χ1) is 8.33. The van der Waals surface area contributed by atoms with Crippen LogP contribution in [0.2, 0.25) is 0 Å². The minimum absolute atomic E-state index is 0.227. The molecule has 0 aromatic carbocycles. The van der Waals surface area contributed by atoms with Crippen LogP contribution in [0.25, 0.3) is 0 Å². The Morgan fingerprint density at radius 2 is 2.06 bits per heavy atom. The van der Waals surface area contributed by atoms with Crippen LogP contribution in [-0.4, -0.2) is 58.5 Å². The Kier molecular flexibility index (Phi) is 3.87. The van der Waals surface area contributed by atoms with E-state index in [0.717, 1.165) is 31.0 Å². The lowest BCUT2D eigenvalue weighted by Crippen LogP contribution is -2.44. The van der Waals surface area contributed by atoms with E-state index in [-0.39, 0.29) is 5.25 Å². The highest BCUT2D eigenvalue weighted by Crippen LogP contribution is 2.27. The molecule has 3 rings (SSSR count). The van der Waals surface area contributed by atoms with Crippen molar-refractivity contribution in [2.75, 3.05) is 30.3 Å². The third-order valence-corrected chi connectivity index (χ3v) is 6.67. The number of amides is 1. The molecule has 3 atom stereocenters. The van der Waals surface area contributed by atoms with Crippen molar-refractivity contribution in [3.8, 4) is 0 Å². The summed E-state index contributed by atoms with van der Waals surface area (Å²) in [4.78, 5) is 14.6. The molecule has 2 bridgehead atoms. The van der Waals surface area contributed by atoms with Crippen molar-refractivity contribution < 1.29 is 4.79 Å². The number of hydrogen-bond donors (Lipinski definition) is 1. The van der Waals surface area contributed by atoms with Crippen molar-refractivity contribution in [1.82, 2.24) is 10.2 Å². The zero-order valence-electron chi connectivity index (χ0n) is 10.1. The molecule has 1 N–H and O–H groups in total. The fraction of sp³-hybridized carbons (Fsp3) is 0.917. The molecule has 0 radical (unpaired) electrons. The van der Waals surface area contributed by atoms with Gasteiger partial charge in [0.05, 0.1) is 5.25 Å². The van der Waals surface area contributed by atoms with Crippen molar-refractivity contribution in [3.63, 3.8) is 0 Å². The van der Waals surface area contributed by atoms with Gasteiger partial charge in [-0.1, -0.05) is 0 Å². The first-order valence-electron chi connectivity index (χ1n) is 6.57. The lowest BCUT2D eigenvalue weighted by molar-refractivity contribution is -0.130. The summed E-state index contributed by atoms with van der Waals surface area (Å²) in [7, 11) is 0. The Labute approximate surface area is 111 Å². The summed E-state index contributed by atoms with van der Waals surface area (Å²) in [6, 6.07) is 1.24. The number of carbonyl (C=O) groups excluding carboxylic acids is 1. The number of carbonyl (C=O) groups is 1. The van der Waals surface area contributed by atoms with E-state index in [0.29, 0.717) is 18.0 Å². The fourth-order valence-electron chi connectivity index (χ4n) is 2.98. The highest BCUT2D eigenvalue weighted by atomic mass is 32.2. The van der Waals surface area contributed by atoms with Crippen molar-refractivity contribution in [2.45, 2.75) is 36.6 Å². The average Bonchev–Trinajstić information content (AvgIpc) is 2.69. The van der Waals surface area contributed by atoms with E-state index < -0.39 is 0 Å². The molecule has 0 aromatic rings. The normalized spacial score (nSPS) is 37.9. The largest absolute Gasteiger partial charge is 0.340 e. The van der Waals surface area contributed by atoms with Gasteiger partial charge in [0.25, 0.3) is 0 Å². The molecule has 0 aliphatic carbocycles. The molecule has 3 fully saturated rings. The fourth-order valence-corrected chi connectivity index (χ4v) is 5.61. The maximum atomic E-state index is 12.4. The average molecular weight is 272 g/mol. The minimum atomic E-state index is 0.227. The number of thioether (sulfide) groups is 2. The SMILES string of the molecule is O=C(C1CSCCS1)N1CCC2CCC(C1)N2. The minimum Gasteiger partial charge on any atom is -0.340 e. The van der Waals surface area contributed by atoms with Crippen molar-refractivity contribution in [2.24, 2.45) is 0 Å². The van der Waals surface area contributed by atoms with E-state index in [1.54, 1.807) is 0 Å².